The minimum atomic E-state index is -0.116. The maximum Gasteiger partial charge on any atom is 0.269 e. The number of fused-ring (bicyclic) bond motifs is 1. The molecule has 2 aromatic heterocycles. The van der Waals surface area contributed by atoms with E-state index in [4.69, 9.17) is 0 Å². The van der Waals surface area contributed by atoms with Crippen LogP contribution in [0.4, 0.5) is 0 Å². The van der Waals surface area contributed by atoms with E-state index < -0.39 is 0 Å². The summed E-state index contributed by atoms with van der Waals surface area (Å²) in [5, 5.41) is 13.7. The molecular formula is C12H15N5O. The van der Waals surface area contributed by atoms with Crippen molar-refractivity contribution >= 4 is 5.91 Å². The second kappa shape index (κ2) is 4.29. The zero-order chi connectivity index (χ0) is 12.5. The maximum absolute atomic E-state index is 12.0. The number of carbonyl (C=O) groups excluding carboxylic acids is 1. The summed E-state index contributed by atoms with van der Waals surface area (Å²) in [5.41, 5.74) is 2.85. The van der Waals surface area contributed by atoms with Crippen molar-refractivity contribution in [3.05, 3.63) is 35.4 Å². The van der Waals surface area contributed by atoms with Crippen LogP contribution < -0.4 is 5.32 Å². The molecule has 0 aromatic carbocycles. The van der Waals surface area contributed by atoms with Gasteiger partial charge in [0, 0.05) is 24.5 Å². The topological polar surface area (TPSA) is 75.6 Å². The molecule has 1 aliphatic rings. The van der Waals surface area contributed by atoms with E-state index in [1.54, 1.807) is 12.3 Å². The van der Waals surface area contributed by atoms with E-state index in [2.05, 4.69) is 20.6 Å². The molecule has 0 aliphatic heterocycles. The summed E-state index contributed by atoms with van der Waals surface area (Å²) in [6, 6.07) is 1.72. The number of amides is 1. The zero-order valence-corrected chi connectivity index (χ0v) is 10.2. The monoisotopic (exact) mass is 245 g/mol. The summed E-state index contributed by atoms with van der Waals surface area (Å²) in [6.45, 7) is 0. The third kappa shape index (κ3) is 1.79. The number of carbonyl (C=O) groups is 1. The van der Waals surface area contributed by atoms with Gasteiger partial charge in [-0.05, 0) is 25.3 Å². The number of H-pyrrole nitrogens is 1. The number of aryl methyl sites for hydroxylation is 1. The fourth-order valence-corrected chi connectivity index (χ4v) is 2.47. The van der Waals surface area contributed by atoms with Gasteiger partial charge in [0.05, 0.1) is 12.2 Å². The van der Waals surface area contributed by atoms with Gasteiger partial charge in [-0.2, -0.15) is 10.2 Å². The summed E-state index contributed by atoms with van der Waals surface area (Å²) in [5.74, 6) is -0.116. The van der Waals surface area contributed by atoms with Crippen LogP contribution in [0, 0.1) is 0 Å². The third-order valence-electron chi connectivity index (χ3n) is 3.43. The van der Waals surface area contributed by atoms with Gasteiger partial charge < -0.3 is 5.32 Å². The number of nitrogens with one attached hydrogen (secondary N) is 2. The molecule has 1 amide bonds. The SMILES string of the molecule is Cn1ncc2c1CCC[C@H]2NC(=O)c1ccn[nH]1. The molecule has 6 heteroatoms. The first-order chi connectivity index (χ1) is 8.75. The highest BCUT2D eigenvalue weighted by Crippen LogP contribution is 2.29. The van der Waals surface area contributed by atoms with E-state index in [0.29, 0.717) is 5.69 Å². The Kier molecular flexibility index (Phi) is 2.62. The van der Waals surface area contributed by atoms with Crippen LogP contribution in [-0.4, -0.2) is 25.9 Å². The first kappa shape index (κ1) is 11.0. The molecular weight excluding hydrogens is 230 g/mol. The van der Waals surface area contributed by atoms with E-state index in [9.17, 15) is 4.79 Å². The number of aromatic nitrogens is 4. The molecule has 94 valence electrons. The van der Waals surface area contributed by atoms with Crippen molar-refractivity contribution in [3.8, 4) is 0 Å². The Morgan fingerprint density at radius 1 is 1.61 bits per heavy atom. The Bertz CT molecular complexity index is 557. The molecule has 0 radical (unpaired) electrons. The van der Waals surface area contributed by atoms with Crippen molar-refractivity contribution < 1.29 is 4.79 Å². The van der Waals surface area contributed by atoms with Gasteiger partial charge in [0.15, 0.2) is 0 Å². The highest BCUT2D eigenvalue weighted by Gasteiger charge is 2.25. The molecule has 3 rings (SSSR count). The molecule has 1 aliphatic carbocycles. The van der Waals surface area contributed by atoms with Crippen molar-refractivity contribution in [2.24, 2.45) is 7.05 Å². The van der Waals surface area contributed by atoms with Gasteiger partial charge in [0.25, 0.3) is 5.91 Å². The van der Waals surface area contributed by atoms with E-state index in [0.717, 1.165) is 24.8 Å². The molecule has 0 unspecified atom stereocenters. The van der Waals surface area contributed by atoms with Gasteiger partial charge in [-0.1, -0.05) is 0 Å². The average molecular weight is 245 g/mol. The lowest BCUT2D eigenvalue weighted by atomic mass is 9.93. The van der Waals surface area contributed by atoms with E-state index >= 15 is 0 Å². The van der Waals surface area contributed by atoms with E-state index in [1.807, 2.05) is 17.9 Å². The highest BCUT2D eigenvalue weighted by molar-refractivity contribution is 5.92. The number of hydrogen-bond donors (Lipinski definition) is 2. The van der Waals surface area contributed by atoms with Crippen molar-refractivity contribution in [2.45, 2.75) is 25.3 Å². The second-order valence-electron chi connectivity index (χ2n) is 4.56. The molecule has 6 nitrogen and oxygen atoms in total. The van der Waals surface area contributed by atoms with Crippen LogP contribution in [0.5, 0.6) is 0 Å². The van der Waals surface area contributed by atoms with Crippen molar-refractivity contribution in [1.82, 2.24) is 25.3 Å². The molecule has 2 N–H and O–H groups in total. The van der Waals surface area contributed by atoms with Crippen LogP contribution in [-0.2, 0) is 13.5 Å². The Balaban J connectivity index is 1.80. The predicted molar refractivity (Wildman–Crippen MR) is 64.9 cm³/mol. The summed E-state index contributed by atoms with van der Waals surface area (Å²) in [7, 11) is 1.94. The Morgan fingerprint density at radius 3 is 3.28 bits per heavy atom. The third-order valence-corrected chi connectivity index (χ3v) is 3.43. The highest BCUT2D eigenvalue weighted by atomic mass is 16.2. The van der Waals surface area contributed by atoms with Crippen molar-refractivity contribution in [2.75, 3.05) is 0 Å². The Morgan fingerprint density at radius 2 is 2.50 bits per heavy atom. The molecule has 1 atom stereocenters. The number of hydrogen-bond acceptors (Lipinski definition) is 3. The van der Waals surface area contributed by atoms with Gasteiger partial charge in [-0.3, -0.25) is 14.6 Å². The van der Waals surface area contributed by atoms with Gasteiger partial charge in [-0.25, -0.2) is 0 Å². The largest absolute Gasteiger partial charge is 0.344 e. The first-order valence-corrected chi connectivity index (χ1v) is 6.06. The fourth-order valence-electron chi connectivity index (χ4n) is 2.47. The van der Waals surface area contributed by atoms with Gasteiger partial charge >= 0.3 is 0 Å². The van der Waals surface area contributed by atoms with Crippen molar-refractivity contribution in [1.29, 1.82) is 0 Å². The quantitative estimate of drug-likeness (QED) is 0.827. The smallest absolute Gasteiger partial charge is 0.269 e. The Labute approximate surface area is 104 Å². The van der Waals surface area contributed by atoms with Crippen molar-refractivity contribution in [3.63, 3.8) is 0 Å². The van der Waals surface area contributed by atoms with Crippen LogP contribution >= 0.6 is 0 Å². The summed E-state index contributed by atoms with van der Waals surface area (Å²) in [4.78, 5) is 12.0. The Hall–Kier alpha value is -2.11. The standard InChI is InChI=1S/C12H15N5O/c1-17-11-4-2-3-9(8(11)7-14-17)15-12(18)10-5-6-13-16-10/h5-7,9H,2-4H2,1H3,(H,13,16)(H,15,18)/t9-/m1/s1. The van der Waals surface area contributed by atoms with Crippen LogP contribution in [0.2, 0.25) is 0 Å². The lowest BCUT2D eigenvalue weighted by molar-refractivity contribution is 0.0927. The van der Waals surface area contributed by atoms with Crippen LogP contribution in [0.1, 0.15) is 40.6 Å². The van der Waals surface area contributed by atoms with Gasteiger partial charge in [0.1, 0.15) is 5.69 Å². The molecule has 18 heavy (non-hydrogen) atoms. The molecule has 0 saturated heterocycles. The summed E-state index contributed by atoms with van der Waals surface area (Å²) < 4.78 is 1.89. The molecule has 0 fully saturated rings. The fraction of sp³-hybridized carbons (Fsp3) is 0.417. The summed E-state index contributed by atoms with van der Waals surface area (Å²) in [6.07, 6.45) is 6.49. The first-order valence-electron chi connectivity index (χ1n) is 6.06. The maximum atomic E-state index is 12.0. The molecule has 0 bridgehead atoms. The van der Waals surface area contributed by atoms with E-state index in [-0.39, 0.29) is 11.9 Å². The van der Waals surface area contributed by atoms with Crippen LogP contribution in [0.25, 0.3) is 0 Å². The average Bonchev–Trinajstić information content (AvgIpc) is 3.00. The summed E-state index contributed by atoms with van der Waals surface area (Å²) >= 11 is 0. The zero-order valence-electron chi connectivity index (χ0n) is 10.2. The normalized spacial score (nSPS) is 18.4. The van der Waals surface area contributed by atoms with Gasteiger partial charge in [-0.15, -0.1) is 0 Å². The van der Waals surface area contributed by atoms with E-state index in [1.165, 1.54) is 5.69 Å². The van der Waals surface area contributed by atoms with Crippen LogP contribution in [0.15, 0.2) is 18.5 Å². The predicted octanol–water partition coefficient (Wildman–Crippen LogP) is 0.951. The minimum Gasteiger partial charge on any atom is -0.344 e. The molecule has 0 spiro atoms. The van der Waals surface area contributed by atoms with Gasteiger partial charge in [0.2, 0.25) is 0 Å². The number of nitrogens with zero attached hydrogens (tertiary/aromatic N) is 3. The lowest BCUT2D eigenvalue weighted by Crippen LogP contribution is -2.31. The number of rotatable bonds is 2. The minimum absolute atomic E-state index is 0.0539. The van der Waals surface area contributed by atoms with Crippen LogP contribution in [0.3, 0.4) is 0 Å². The molecule has 0 saturated carbocycles. The second-order valence-corrected chi connectivity index (χ2v) is 4.56. The molecule has 2 aromatic rings. The lowest BCUT2D eigenvalue weighted by Gasteiger charge is -2.23. The number of aromatic amines is 1. The molecule has 2 heterocycles.